The van der Waals surface area contributed by atoms with Gasteiger partial charge in [0, 0.05) is 24.5 Å². The molecule has 0 unspecified atom stereocenters. The number of ether oxygens (including phenoxy) is 1. The Bertz CT molecular complexity index is 499. The SMILES string of the molecule is COc1ccc2ccccc2c1CNCCCl. The third kappa shape index (κ3) is 2.71. The normalized spacial score (nSPS) is 10.7. The van der Waals surface area contributed by atoms with Gasteiger partial charge in [-0.05, 0) is 16.8 Å². The van der Waals surface area contributed by atoms with Crippen LogP contribution < -0.4 is 10.1 Å². The maximum Gasteiger partial charge on any atom is 0.123 e. The first-order chi connectivity index (χ1) is 8.36. The van der Waals surface area contributed by atoms with E-state index in [1.165, 1.54) is 16.3 Å². The minimum absolute atomic E-state index is 0.618. The standard InChI is InChI=1S/C14H16ClNO/c1-17-14-7-6-11-4-2-3-5-12(11)13(14)10-16-9-8-15/h2-7,16H,8-10H2,1H3. The zero-order chi connectivity index (χ0) is 12.1. The van der Waals surface area contributed by atoms with Gasteiger partial charge in [0.25, 0.3) is 0 Å². The fraction of sp³-hybridized carbons (Fsp3) is 0.286. The summed E-state index contributed by atoms with van der Waals surface area (Å²) in [5.41, 5.74) is 1.19. The lowest BCUT2D eigenvalue weighted by atomic mass is 10.0. The van der Waals surface area contributed by atoms with Gasteiger partial charge < -0.3 is 10.1 Å². The van der Waals surface area contributed by atoms with Gasteiger partial charge >= 0.3 is 0 Å². The Labute approximate surface area is 107 Å². The van der Waals surface area contributed by atoms with Crippen molar-refractivity contribution in [1.29, 1.82) is 0 Å². The molecule has 3 heteroatoms. The summed E-state index contributed by atoms with van der Waals surface area (Å²) in [6.07, 6.45) is 0. The van der Waals surface area contributed by atoms with E-state index >= 15 is 0 Å². The average Bonchev–Trinajstić information content (AvgIpc) is 2.39. The molecule has 0 aliphatic rings. The third-order valence-electron chi connectivity index (χ3n) is 2.79. The van der Waals surface area contributed by atoms with Gasteiger partial charge in [-0.25, -0.2) is 0 Å². The second kappa shape index (κ2) is 5.89. The van der Waals surface area contributed by atoms with E-state index in [4.69, 9.17) is 16.3 Å². The molecule has 0 aliphatic carbocycles. The lowest BCUT2D eigenvalue weighted by Crippen LogP contribution is -2.16. The van der Waals surface area contributed by atoms with Crippen LogP contribution in [0.3, 0.4) is 0 Å². The molecule has 17 heavy (non-hydrogen) atoms. The van der Waals surface area contributed by atoms with Crippen LogP contribution in [0.15, 0.2) is 36.4 Å². The molecule has 0 saturated carbocycles. The lowest BCUT2D eigenvalue weighted by Gasteiger charge is -2.12. The summed E-state index contributed by atoms with van der Waals surface area (Å²) in [4.78, 5) is 0. The number of benzene rings is 2. The van der Waals surface area contributed by atoms with Crippen LogP contribution >= 0.6 is 11.6 Å². The van der Waals surface area contributed by atoms with E-state index in [1.807, 2.05) is 18.2 Å². The number of nitrogens with one attached hydrogen (secondary N) is 1. The smallest absolute Gasteiger partial charge is 0.123 e. The molecular formula is C14H16ClNO. The molecule has 2 nitrogen and oxygen atoms in total. The summed E-state index contributed by atoms with van der Waals surface area (Å²) in [5, 5.41) is 5.77. The van der Waals surface area contributed by atoms with Crippen molar-refractivity contribution < 1.29 is 4.74 Å². The van der Waals surface area contributed by atoms with E-state index in [2.05, 4.69) is 23.5 Å². The first-order valence-electron chi connectivity index (χ1n) is 5.68. The van der Waals surface area contributed by atoms with Gasteiger partial charge in [-0.3, -0.25) is 0 Å². The van der Waals surface area contributed by atoms with Crippen LogP contribution in [0, 0.1) is 0 Å². The van der Waals surface area contributed by atoms with Crippen LogP contribution in [0.25, 0.3) is 10.8 Å². The highest BCUT2D eigenvalue weighted by molar-refractivity contribution is 6.18. The van der Waals surface area contributed by atoms with Crippen LogP contribution in [0.2, 0.25) is 0 Å². The van der Waals surface area contributed by atoms with E-state index < -0.39 is 0 Å². The number of hydrogen-bond acceptors (Lipinski definition) is 2. The number of alkyl halides is 1. The molecule has 0 atom stereocenters. The highest BCUT2D eigenvalue weighted by Crippen LogP contribution is 2.27. The number of hydrogen-bond donors (Lipinski definition) is 1. The van der Waals surface area contributed by atoms with E-state index in [0.717, 1.165) is 18.8 Å². The maximum absolute atomic E-state index is 5.67. The molecule has 0 aliphatic heterocycles. The third-order valence-corrected chi connectivity index (χ3v) is 2.98. The summed E-state index contributed by atoms with van der Waals surface area (Å²) >= 11 is 5.67. The molecule has 1 N–H and O–H groups in total. The predicted molar refractivity (Wildman–Crippen MR) is 72.9 cm³/mol. The molecule has 0 radical (unpaired) electrons. The largest absolute Gasteiger partial charge is 0.496 e. The first-order valence-corrected chi connectivity index (χ1v) is 6.21. The summed E-state index contributed by atoms with van der Waals surface area (Å²) in [6.45, 7) is 1.57. The molecule has 0 heterocycles. The minimum atomic E-state index is 0.618. The maximum atomic E-state index is 5.67. The molecule has 2 rings (SSSR count). The summed E-state index contributed by atoms with van der Waals surface area (Å²) in [6, 6.07) is 12.4. The van der Waals surface area contributed by atoms with Crippen molar-refractivity contribution in [2.24, 2.45) is 0 Å². The van der Waals surface area contributed by atoms with Crippen LogP contribution in [0.4, 0.5) is 0 Å². The molecule has 0 amide bonds. The zero-order valence-electron chi connectivity index (χ0n) is 9.87. The summed E-state index contributed by atoms with van der Waals surface area (Å²) in [5.74, 6) is 1.54. The number of halogens is 1. The Hall–Kier alpha value is -1.25. The van der Waals surface area contributed by atoms with Gasteiger partial charge in [-0.15, -0.1) is 11.6 Å². The molecule has 2 aromatic carbocycles. The number of methoxy groups -OCH3 is 1. The van der Waals surface area contributed by atoms with Gasteiger partial charge in [-0.2, -0.15) is 0 Å². The van der Waals surface area contributed by atoms with Crippen LogP contribution in [-0.4, -0.2) is 19.5 Å². The lowest BCUT2D eigenvalue weighted by molar-refractivity contribution is 0.409. The van der Waals surface area contributed by atoms with Crippen molar-refractivity contribution in [3.05, 3.63) is 42.0 Å². The number of rotatable bonds is 5. The van der Waals surface area contributed by atoms with Crippen molar-refractivity contribution in [3.63, 3.8) is 0 Å². The second-order valence-electron chi connectivity index (χ2n) is 3.83. The quantitative estimate of drug-likeness (QED) is 0.649. The minimum Gasteiger partial charge on any atom is -0.496 e. The molecule has 0 aromatic heterocycles. The van der Waals surface area contributed by atoms with E-state index in [1.54, 1.807) is 7.11 Å². The molecule has 0 fully saturated rings. The fourth-order valence-electron chi connectivity index (χ4n) is 1.97. The molecule has 2 aromatic rings. The van der Waals surface area contributed by atoms with Crippen molar-refractivity contribution >= 4 is 22.4 Å². The van der Waals surface area contributed by atoms with Crippen LogP contribution in [0.5, 0.6) is 5.75 Å². The molecule has 0 spiro atoms. The van der Waals surface area contributed by atoms with Gasteiger partial charge in [0.1, 0.15) is 5.75 Å². The molecular weight excluding hydrogens is 234 g/mol. The number of fused-ring (bicyclic) bond motifs is 1. The Morgan fingerprint density at radius 3 is 2.76 bits per heavy atom. The van der Waals surface area contributed by atoms with Crippen LogP contribution in [0.1, 0.15) is 5.56 Å². The van der Waals surface area contributed by atoms with E-state index in [-0.39, 0.29) is 0 Å². The van der Waals surface area contributed by atoms with E-state index in [9.17, 15) is 0 Å². The predicted octanol–water partition coefficient (Wildman–Crippen LogP) is 3.18. The van der Waals surface area contributed by atoms with Gasteiger partial charge in [-0.1, -0.05) is 30.3 Å². The first kappa shape index (κ1) is 12.2. The highest BCUT2D eigenvalue weighted by atomic mass is 35.5. The van der Waals surface area contributed by atoms with Gasteiger partial charge in [0.2, 0.25) is 0 Å². The van der Waals surface area contributed by atoms with Gasteiger partial charge in [0.15, 0.2) is 0 Å². The van der Waals surface area contributed by atoms with Crippen molar-refractivity contribution in [3.8, 4) is 5.75 Å². The van der Waals surface area contributed by atoms with Crippen molar-refractivity contribution in [2.45, 2.75) is 6.54 Å². The fourth-order valence-corrected chi connectivity index (χ4v) is 2.10. The molecule has 90 valence electrons. The van der Waals surface area contributed by atoms with Crippen LogP contribution in [-0.2, 0) is 6.54 Å². The highest BCUT2D eigenvalue weighted by Gasteiger charge is 2.07. The topological polar surface area (TPSA) is 21.3 Å². The summed E-state index contributed by atoms with van der Waals surface area (Å²) in [7, 11) is 1.70. The monoisotopic (exact) mass is 249 g/mol. The Balaban J connectivity index is 2.40. The molecule has 0 saturated heterocycles. The van der Waals surface area contributed by atoms with Crippen molar-refractivity contribution in [2.75, 3.05) is 19.5 Å². The van der Waals surface area contributed by atoms with Gasteiger partial charge in [0.05, 0.1) is 7.11 Å². The summed E-state index contributed by atoms with van der Waals surface area (Å²) < 4.78 is 5.41. The zero-order valence-corrected chi connectivity index (χ0v) is 10.6. The Morgan fingerprint density at radius 1 is 1.18 bits per heavy atom. The second-order valence-corrected chi connectivity index (χ2v) is 4.21. The Kier molecular flexibility index (Phi) is 4.24. The Morgan fingerprint density at radius 2 is 2.00 bits per heavy atom. The average molecular weight is 250 g/mol. The molecule has 0 bridgehead atoms. The van der Waals surface area contributed by atoms with E-state index in [0.29, 0.717) is 5.88 Å². The van der Waals surface area contributed by atoms with Crippen molar-refractivity contribution in [1.82, 2.24) is 5.32 Å².